The number of hydrogen-bond donors (Lipinski definition) is 1. The molecule has 0 saturated heterocycles. The van der Waals surface area contributed by atoms with Crippen LogP contribution in [0.1, 0.15) is 11.7 Å². The second-order valence-corrected chi connectivity index (χ2v) is 3.65. The van der Waals surface area contributed by atoms with Crippen molar-refractivity contribution < 1.29 is 9.84 Å². The third kappa shape index (κ3) is 2.43. The highest BCUT2D eigenvalue weighted by molar-refractivity contribution is 14.1. The fourth-order valence-corrected chi connectivity index (χ4v) is 1.74. The van der Waals surface area contributed by atoms with Crippen molar-refractivity contribution >= 4 is 22.6 Å². The van der Waals surface area contributed by atoms with Gasteiger partial charge in [0.15, 0.2) is 0 Å². The van der Waals surface area contributed by atoms with Crippen LogP contribution in [0.5, 0.6) is 0 Å². The minimum Gasteiger partial charge on any atom is -0.386 e. The lowest BCUT2D eigenvalue weighted by Crippen LogP contribution is -2.06. The second-order valence-electron chi connectivity index (χ2n) is 2.49. The summed E-state index contributed by atoms with van der Waals surface area (Å²) in [5.74, 6) is 0. The number of halogens is 1. The van der Waals surface area contributed by atoms with E-state index in [4.69, 9.17) is 4.74 Å². The van der Waals surface area contributed by atoms with Crippen LogP contribution >= 0.6 is 22.6 Å². The number of methoxy groups -OCH3 is 1. The molecule has 0 amide bonds. The summed E-state index contributed by atoms with van der Waals surface area (Å²) in [6.07, 6.45) is -0.511. The Morgan fingerprint density at radius 3 is 2.75 bits per heavy atom. The summed E-state index contributed by atoms with van der Waals surface area (Å²) in [5, 5.41) is 9.57. The summed E-state index contributed by atoms with van der Waals surface area (Å²) < 4.78 is 5.93. The highest BCUT2D eigenvalue weighted by Gasteiger charge is 2.08. The van der Waals surface area contributed by atoms with Gasteiger partial charge in [0.1, 0.15) is 6.10 Å². The van der Waals surface area contributed by atoms with Gasteiger partial charge in [0.25, 0.3) is 0 Å². The molecule has 0 saturated carbocycles. The van der Waals surface area contributed by atoms with Gasteiger partial charge in [0.2, 0.25) is 0 Å². The highest BCUT2D eigenvalue weighted by atomic mass is 127. The maximum absolute atomic E-state index is 9.57. The van der Waals surface area contributed by atoms with Crippen molar-refractivity contribution in [2.75, 3.05) is 13.7 Å². The summed E-state index contributed by atoms with van der Waals surface area (Å²) in [4.78, 5) is 0. The molecule has 0 aromatic heterocycles. The van der Waals surface area contributed by atoms with Gasteiger partial charge in [-0.1, -0.05) is 18.2 Å². The molecular formula is C9H11IO2. The standard InChI is InChI=1S/C9H11IO2/c1-12-6-9(11)7-4-2-3-5-8(7)10/h2-5,9,11H,6H2,1H3. The Kier molecular flexibility index (Phi) is 3.97. The van der Waals surface area contributed by atoms with Crippen molar-refractivity contribution in [3.8, 4) is 0 Å². The lowest BCUT2D eigenvalue weighted by molar-refractivity contribution is 0.0639. The van der Waals surface area contributed by atoms with Crippen LogP contribution in [0, 0.1) is 3.57 Å². The van der Waals surface area contributed by atoms with E-state index in [0.29, 0.717) is 6.61 Å². The largest absolute Gasteiger partial charge is 0.386 e. The minimum absolute atomic E-state index is 0.347. The molecule has 3 heteroatoms. The molecule has 12 heavy (non-hydrogen) atoms. The summed E-state index contributed by atoms with van der Waals surface area (Å²) in [6, 6.07) is 7.74. The molecule has 2 nitrogen and oxygen atoms in total. The lowest BCUT2D eigenvalue weighted by atomic mass is 10.1. The SMILES string of the molecule is COCC(O)c1ccccc1I. The molecule has 0 radical (unpaired) electrons. The molecule has 1 aromatic rings. The zero-order chi connectivity index (χ0) is 8.97. The Balaban J connectivity index is 2.79. The molecule has 1 N–H and O–H groups in total. The van der Waals surface area contributed by atoms with Crippen LogP contribution in [0.3, 0.4) is 0 Å². The van der Waals surface area contributed by atoms with E-state index >= 15 is 0 Å². The van der Waals surface area contributed by atoms with E-state index in [1.54, 1.807) is 7.11 Å². The molecule has 0 aliphatic rings. The summed E-state index contributed by atoms with van der Waals surface area (Å²) in [6.45, 7) is 0.347. The first-order valence-electron chi connectivity index (χ1n) is 3.67. The molecular weight excluding hydrogens is 267 g/mol. The van der Waals surface area contributed by atoms with Crippen molar-refractivity contribution in [2.45, 2.75) is 6.10 Å². The molecule has 0 fully saturated rings. The quantitative estimate of drug-likeness (QED) is 0.857. The van der Waals surface area contributed by atoms with E-state index in [-0.39, 0.29) is 0 Å². The zero-order valence-corrected chi connectivity index (χ0v) is 8.98. The molecule has 1 atom stereocenters. The first kappa shape index (κ1) is 9.95. The third-order valence-electron chi connectivity index (χ3n) is 1.59. The predicted molar refractivity (Wildman–Crippen MR) is 56.0 cm³/mol. The van der Waals surface area contributed by atoms with Gasteiger partial charge in [0.05, 0.1) is 6.61 Å². The van der Waals surface area contributed by atoms with Crippen LogP contribution in [-0.4, -0.2) is 18.8 Å². The molecule has 1 rings (SSSR count). The van der Waals surface area contributed by atoms with Crippen LogP contribution in [0.15, 0.2) is 24.3 Å². The average molecular weight is 278 g/mol. The molecule has 0 bridgehead atoms. The Labute approximate surface area is 85.7 Å². The van der Waals surface area contributed by atoms with Crippen molar-refractivity contribution in [3.63, 3.8) is 0 Å². The van der Waals surface area contributed by atoms with Crippen LogP contribution in [0.25, 0.3) is 0 Å². The molecule has 1 aromatic carbocycles. The van der Waals surface area contributed by atoms with E-state index in [1.165, 1.54) is 0 Å². The first-order chi connectivity index (χ1) is 5.75. The third-order valence-corrected chi connectivity index (χ3v) is 2.57. The smallest absolute Gasteiger partial charge is 0.103 e. The van der Waals surface area contributed by atoms with Gasteiger partial charge in [-0.15, -0.1) is 0 Å². The fourth-order valence-electron chi connectivity index (χ4n) is 0.993. The number of benzene rings is 1. The Hall–Kier alpha value is -0.130. The van der Waals surface area contributed by atoms with E-state index in [0.717, 1.165) is 9.13 Å². The van der Waals surface area contributed by atoms with Gasteiger partial charge in [-0.25, -0.2) is 0 Å². The molecule has 0 aliphatic heterocycles. The van der Waals surface area contributed by atoms with Crippen LogP contribution in [0.4, 0.5) is 0 Å². The average Bonchev–Trinajstić information content (AvgIpc) is 2.05. The Morgan fingerprint density at radius 1 is 1.50 bits per heavy atom. The molecule has 0 heterocycles. The van der Waals surface area contributed by atoms with Crippen molar-refractivity contribution in [1.29, 1.82) is 0 Å². The van der Waals surface area contributed by atoms with E-state index in [9.17, 15) is 5.11 Å². The van der Waals surface area contributed by atoms with Gasteiger partial charge < -0.3 is 9.84 Å². The number of rotatable bonds is 3. The van der Waals surface area contributed by atoms with E-state index < -0.39 is 6.10 Å². The maximum atomic E-state index is 9.57. The van der Waals surface area contributed by atoms with Crippen molar-refractivity contribution in [3.05, 3.63) is 33.4 Å². The molecule has 0 spiro atoms. The zero-order valence-electron chi connectivity index (χ0n) is 6.83. The number of hydrogen-bond acceptors (Lipinski definition) is 2. The summed E-state index contributed by atoms with van der Waals surface area (Å²) >= 11 is 2.20. The second kappa shape index (κ2) is 4.79. The van der Waals surface area contributed by atoms with E-state index in [1.807, 2.05) is 24.3 Å². The van der Waals surface area contributed by atoms with E-state index in [2.05, 4.69) is 22.6 Å². The number of aliphatic hydroxyl groups is 1. The molecule has 1 unspecified atom stereocenters. The highest BCUT2D eigenvalue weighted by Crippen LogP contribution is 2.19. The van der Waals surface area contributed by atoms with Crippen LogP contribution < -0.4 is 0 Å². The minimum atomic E-state index is -0.511. The van der Waals surface area contributed by atoms with Gasteiger partial charge in [0, 0.05) is 10.7 Å². The Bertz CT molecular complexity index is 250. The predicted octanol–water partition coefficient (Wildman–Crippen LogP) is 1.97. The van der Waals surface area contributed by atoms with Gasteiger partial charge in [-0.3, -0.25) is 0 Å². The number of ether oxygens (including phenoxy) is 1. The lowest BCUT2D eigenvalue weighted by Gasteiger charge is -2.10. The summed E-state index contributed by atoms with van der Waals surface area (Å²) in [7, 11) is 1.58. The van der Waals surface area contributed by atoms with Crippen molar-refractivity contribution in [1.82, 2.24) is 0 Å². The van der Waals surface area contributed by atoms with Crippen LogP contribution in [-0.2, 0) is 4.74 Å². The normalized spacial score (nSPS) is 12.9. The van der Waals surface area contributed by atoms with Gasteiger partial charge >= 0.3 is 0 Å². The topological polar surface area (TPSA) is 29.5 Å². The molecule has 0 aliphatic carbocycles. The number of aliphatic hydroxyl groups excluding tert-OH is 1. The maximum Gasteiger partial charge on any atom is 0.103 e. The summed E-state index contributed by atoms with van der Waals surface area (Å²) in [5.41, 5.74) is 0.931. The first-order valence-corrected chi connectivity index (χ1v) is 4.75. The Morgan fingerprint density at radius 2 is 2.17 bits per heavy atom. The monoisotopic (exact) mass is 278 g/mol. The van der Waals surface area contributed by atoms with Gasteiger partial charge in [-0.05, 0) is 34.2 Å². The van der Waals surface area contributed by atoms with Crippen LogP contribution in [0.2, 0.25) is 0 Å². The molecule has 66 valence electrons. The van der Waals surface area contributed by atoms with Gasteiger partial charge in [-0.2, -0.15) is 0 Å². The fraction of sp³-hybridized carbons (Fsp3) is 0.333. The van der Waals surface area contributed by atoms with Crippen molar-refractivity contribution in [2.24, 2.45) is 0 Å².